The summed E-state index contributed by atoms with van der Waals surface area (Å²) in [6, 6.07) is 9.98. The molecule has 0 fully saturated rings. The summed E-state index contributed by atoms with van der Waals surface area (Å²) in [4.78, 5) is 0.0352. The van der Waals surface area contributed by atoms with Crippen molar-refractivity contribution < 1.29 is 16.8 Å². The Labute approximate surface area is 167 Å². The van der Waals surface area contributed by atoms with Gasteiger partial charge in [-0.15, -0.1) is 0 Å². The average molecular weight is 482 g/mol. The molecule has 2 rings (SSSR count). The monoisotopic (exact) mass is 480 g/mol. The van der Waals surface area contributed by atoms with Gasteiger partial charge in [0.2, 0.25) is 10.0 Å². The smallest absolute Gasteiger partial charge is 0.263 e. The molecule has 26 heavy (non-hydrogen) atoms. The Kier molecular flexibility index (Phi) is 6.73. The summed E-state index contributed by atoms with van der Waals surface area (Å²) in [6.45, 7) is 4.22. The summed E-state index contributed by atoms with van der Waals surface area (Å²) in [6.07, 6.45) is 0. The topological polar surface area (TPSA) is 83.6 Å². The normalized spacial score (nSPS) is 12.3. The molecule has 2 aromatic carbocycles. The van der Waals surface area contributed by atoms with Gasteiger partial charge in [0.05, 0.1) is 9.92 Å². The van der Waals surface area contributed by atoms with E-state index in [1.54, 1.807) is 19.9 Å². The Bertz CT molecular complexity index is 989. The fraction of sp³-hybridized carbons (Fsp3) is 0.250. The standard InChI is InChI=1S/C16H18BrClN2O4S2/c1-3-20(4-2)26(23,24)14-8-6-13(7-9-14)19-25(21,22)16-10-5-12(17)11-15(16)18/h5-11,19H,3-4H2,1-2H3. The van der Waals surface area contributed by atoms with E-state index >= 15 is 0 Å². The highest BCUT2D eigenvalue weighted by atomic mass is 79.9. The van der Waals surface area contributed by atoms with Gasteiger partial charge in [-0.3, -0.25) is 4.72 Å². The fourth-order valence-corrected chi connectivity index (χ4v) is 5.87. The maximum Gasteiger partial charge on any atom is 0.263 e. The van der Waals surface area contributed by atoms with Crippen molar-refractivity contribution in [2.75, 3.05) is 17.8 Å². The van der Waals surface area contributed by atoms with Crippen LogP contribution in [0.2, 0.25) is 5.02 Å². The number of hydrogen-bond donors (Lipinski definition) is 1. The van der Waals surface area contributed by atoms with Crippen molar-refractivity contribution in [1.82, 2.24) is 4.31 Å². The highest BCUT2D eigenvalue weighted by molar-refractivity contribution is 9.10. The van der Waals surface area contributed by atoms with Crippen LogP contribution < -0.4 is 4.72 Å². The maximum absolute atomic E-state index is 12.5. The van der Waals surface area contributed by atoms with E-state index in [-0.39, 0.29) is 20.5 Å². The molecule has 2 aromatic rings. The van der Waals surface area contributed by atoms with Crippen LogP contribution in [0.25, 0.3) is 0 Å². The van der Waals surface area contributed by atoms with Crippen molar-refractivity contribution >= 4 is 53.3 Å². The van der Waals surface area contributed by atoms with Crippen LogP contribution in [0, 0.1) is 0 Å². The Morgan fingerprint density at radius 2 is 1.58 bits per heavy atom. The molecule has 0 bridgehead atoms. The van der Waals surface area contributed by atoms with Crippen molar-refractivity contribution in [3.8, 4) is 0 Å². The molecule has 0 unspecified atom stereocenters. The van der Waals surface area contributed by atoms with E-state index < -0.39 is 20.0 Å². The van der Waals surface area contributed by atoms with Crippen molar-refractivity contribution in [3.63, 3.8) is 0 Å². The number of nitrogens with zero attached hydrogens (tertiary/aromatic N) is 1. The molecular weight excluding hydrogens is 464 g/mol. The Balaban J connectivity index is 2.29. The second-order valence-electron chi connectivity index (χ2n) is 5.29. The van der Waals surface area contributed by atoms with Gasteiger partial charge in [-0.2, -0.15) is 4.31 Å². The zero-order valence-electron chi connectivity index (χ0n) is 14.1. The third-order valence-corrected chi connectivity index (χ3v) is 8.05. The zero-order valence-corrected chi connectivity index (χ0v) is 18.1. The lowest BCUT2D eigenvalue weighted by atomic mass is 10.3. The molecule has 0 spiro atoms. The van der Waals surface area contributed by atoms with Gasteiger partial charge in [-0.25, -0.2) is 16.8 Å². The summed E-state index contributed by atoms with van der Waals surface area (Å²) in [5.74, 6) is 0. The molecule has 0 radical (unpaired) electrons. The molecule has 0 aliphatic carbocycles. The van der Waals surface area contributed by atoms with Gasteiger partial charge >= 0.3 is 0 Å². The minimum atomic E-state index is -3.90. The summed E-state index contributed by atoms with van der Waals surface area (Å²) in [7, 11) is -7.49. The van der Waals surface area contributed by atoms with Crippen LogP contribution >= 0.6 is 27.5 Å². The predicted molar refractivity (Wildman–Crippen MR) is 107 cm³/mol. The first-order chi connectivity index (χ1) is 12.1. The average Bonchev–Trinajstić information content (AvgIpc) is 2.55. The van der Waals surface area contributed by atoms with Gasteiger partial charge in [-0.05, 0) is 42.5 Å². The van der Waals surface area contributed by atoms with Gasteiger partial charge in [0.1, 0.15) is 4.90 Å². The zero-order chi connectivity index (χ0) is 19.5. The van der Waals surface area contributed by atoms with Crippen LogP contribution in [-0.4, -0.2) is 34.2 Å². The van der Waals surface area contributed by atoms with E-state index in [1.807, 2.05) is 0 Å². The molecule has 0 aliphatic heterocycles. The number of anilines is 1. The van der Waals surface area contributed by atoms with Crippen LogP contribution in [0.4, 0.5) is 5.69 Å². The second-order valence-corrected chi connectivity index (χ2v) is 10.2. The third-order valence-electron chi connectivity index (χ3n) is 3.63. The van der Waals surface area contributed by atoms with E-state index in [4.69, 9.17) is 11.6 Å². The fourth-order valence-electron chi connectivity index (χ4n) is 2.31. The highest BCUT2D eigenvalue weighted by Gasteiger charge is 2.22. The summed E-state index contributed by atoms with van der Waals surface area (Å²) in [5.41, 5.74) is 0.238. The lowest BCUT2D eigenvalue weighted by Crippen LogP contribution is -2.30. The SMILES string of the molecule is CCN(CC)S(=O)(=O)c1ccc(NS(=O)(=O)c2ccc(Br)cc2Cl)cc1. The van der Waals surface area contributed by atoms with E-state index in [2.05, 4.69) is 20.7 Å². The second kappa shape index (κ2) is 8.26. The number of halogens is 2. The van der Waals surface area contributed by atoms with Crippen LogP contribution in [-0.2, 0) is 20.0 Å². The Hall–Kier alpha value is -1.13. The molecule has 142 valence electrons. The Morgan fingerprint density at radius 1 is 1.00 bits per heavy atom. The molecule has 6 nitrogen and oxygen atoms in total. The molecule has 0 saturated carbocycles. The molecule has 1 N–H and O–H groups in total. The predicted octanol–water partition coefficient (Wildman–Crippen LogP) is 3.93. The van der Waals surface area contributed by atoms with Gasteiger partial charge in [0, 0.05) is 23.2 Å². The summed E-state index contributed by atoms with van der Waals surface area (Å²) < 4.78 is 54.2. The molecule has 10 heteroatoms. The number of rotatable bonds is 7. The van der Waals surface area contributed by atoms with Crippen molar-refractivity contribution in [2.45, 2.75) is 23.6 Å². The molecule has 0 amide bonds. The first kappa shape index (κ1) is 21.2. The third kappa shape index (κ3) is 4.58. The van der Waals surface area contributed by atoms with E-state index in [0.717, 1.165) is 0 Å². The molecule has 0 aromatic heterocycles. The van der Waals surface area contributed by atoms with Gasteiger partial charge in [0.25, 0.3) is 10.0 Å². The van der Waals surface area contributed by atoms with Crippen molar-refractivity contribution in [2.24, 2.45) is 0 Å². The van der Waals surface area contributed by atoms with Crippen molar-refractivity contribution in [3.05, 3.63) is 52.0 Å². The molecule has 0 atom stereocenters. The van der Waals surface area contributed by atoms with Crippen LogP contribution in [0.1, 0.15) is 13.8 Å². The molecule has 0 heterocycles. The first-order valence-corrected chi connectivity index (χ1v) is 11.8. The van der Waals surface area contributed by atoms with Crippen molar-refractivity contribution in [1.29, 1.82) is 0 Å². The molecular formula is C16H18BrClN2O4S2. The maximum atomic E-state index is 12.5. The minimum Gasteiger partial charge on any atom is -0.280 e. The number of hydrogen-bond acceptors (Lipinski definition) is 4. The first-order valence-electron chi connectivity index (χ1n) is 7.70. The van der Waals surface area contributed by atoms with Gasteiger partial charge in [-0.1, -0.05) is 41.4 Å². The largest absolute Gasteiger partial charge is 0.280 e. The molecule has 0 saturated heterocycles. The summed E-state index contributed by atoms with van der Waals surface area (Å²) in [5, 5.41) is 0.0765. The number of sulfonamides is 2. The highest BCUT2D eigenvalue weighted by Crippen LogP contribution is 2.27. The van der Waals surface area contributed by atoms with Gasteiger partial charge < -0.3 is 0 Å². The quantitative estimate of drug-likeness (QED) is 0.649. The van der Waals surface area contributed by atoms with Crippen LogP contribution in [0.3, 0.4) is 0 Å². The Morgan fingerprint density at radius 3 is 2.08 bits per heavy atom. The number of nitrogens with one attached hydrogen (secondary N) is 1. The van der Waals surface area contributed by atoms with E-state index in [0.29, 0.717) is 17.6 Å². The lowest BCUT2D eigenvalue weighted by molar-refractivity contribution is 0.445. The van der Waals surface area contributed by atoms with Crippen LogP contribution in [0.15, 0.2) is 56.7 Å². The lowest BCUT2D eigenvalue weighted by Gasteiger charge is -2.18. The van der Waals surface area contributed by atoms with Crippen LogP contribution in [0.5, 0.6) is 0 Å². The van der Waals surface area contributed by atoms with Gasteiger partial charge in [0.15, 0.2) is 0 Å². The summed E-state index contributed by atoms with van der Waals surface area (Å²) >= 11 is 9.22. The van der Waals surface area contributed by atoms with E-state index in [1.165, 1.54) is 40.7 Å². The van der Waals surface area contributed by atoms with E-state index in [9.17, 15) is 16.8 Å². The molecule has 0 aliphatic rings. The number of benzene rings is 2. The minimum absolute atomic E-state index is 0.0674.